The number of aromatic amines is 1. The molecule has 34 heavy (non-hydrogen) atoms. The minimum Gasteiger partial charge on any atom is -0.480 e. The van der Waals surface area contributed by atoms with Gasteiger partial charge in [-0.15, -0.1) is 0 Å². The lowest BCUT2D eigenvalue weighted by Crippen LogP contribution is -2.57. The van der Waals surface area contributed by atoms with Gasteiger partial charge in [0.05, 0.1) is 19.3 Å². The second-order valence-electron chi connectivity index (χ2n) is 7.19. The zero-order chi connectivity index (χ0) is 25.7. The minimum absolute atomic E-state index is 0.0228. The van der Waals surface area contributed by atoms with E-state index in [0.29, 0.717) is 5.69 Å². The number of nitrogens with two attached hydrogens (primary N) is 4. The van der Waals surface area contributed by atoms with Crippen LogP contribution in [-0.2, 0) is 30.4 Å². The summed E-state index contributed by atoms with van der Waals surface area (Å²) in [6.07, 6.45) is 2.38. The van der Waals surface area contributed by atoms with Gasteiger partial charge in [-0.3, -0.25) is 24.2 Å². The van der Waals surface area contributed by atoms with Crippen LogP contribution < -0.4 is 38.9 Å². The van der Waals surface area contributed by atoms with Gasteiger partial charge in [0.15, 0.2) is 5.96 Å². The Morgan fingerprint density at radius 3 is 2.21 bits per heavy atom. The van der Waals surface area contributed by atoms with E-state index >= 15 is 0 Å². The number of guanidine groups is 1. The largest absolute Gasteiger partial charge is 0.480 e. The monoisotopic (exact) mass is 482 g/mol. The molecule has 3 unspecified atom stereocenters. The van der Waals surface area contributed by atoms with Crippen molar-refractivity contribution in [1.29, 1.82) is 0 Å². The minimum atomic E-state index is -1.50. The Labute approximate surface area is 194 Å². The topological polar surface area (TPSA) is 287 Å². The number of rotatable bonds is 15. The third-order valence-corrected chi connectivity index (χ3v) is 4.41. The Hall–Kier alpha value is -4.21. The molecule has 0 aliphatic rings. The molecule has 0 aliphatic carbocycles. The predicted octanol–water partition coefficient (Wildman–Crippen LogP) is -4.62. The summed E-state index contributed by atoms with van der Waals surface area (Å²) in [7, 11) is 0. The summed E-state index contributed by atoms with van der Waals surface area (Å²) in [5.41, 5.74) is 21.4. The van der Waals surface area contributed by atoms with Gasteiger partial charge in [0.1, 0.15) is 18.1 Å². The quantitative estimate of drug-likeness (QED) is 0.0654. The Morgan fingerprint density at radius 1 is 1.03 bits per heavy atom. The number of aromatic nitrogens is 2. The molecule has 0 saturated heterocycles. The summed E-state index contributed by atoms with van der Waals surface area (Å²) in [4.78, 5) is 70.6. The Morgan fingerprint density at radius 2 is 1.68 bits per heavy atom. The molecule has 1 aromatic rings. The van der Waals surface area contributed by atoms with Gasteiger partial charge in [-0.25, -0.2) is 9.78 Å². The van der Waals surface area contributed by atoms with Gasteiger partial charge < -0.3 is 49.0 Å². The maximum absolute atomic E-state index is 12.8. The number of carboxylic acids is 1. The molecular formula is C18H30N10O6. The second-order valence-corrected chi connectivity index (χ2v) is 7.19. The number of nitrogens with one attached hydrogen (secondary N) is 4. The number of carboxylic acid groups (broad SMARTS) is 1. The maximum Gasteiger partial charge on any atom is 0.326 e. The SMILES string of the molecule is NCC(=O)NC(Cc1cnc[nH]1)C(=O)NC(CC(N)=O)C(=O)NC(CCCN=C(N)N)C(=O)O. The highest BCUT2D eigenvalue weighted by Crippen LogP contribution is 2.04. The third kappa shape index (κ3) is 10.4. The molecule has 1 aromatic heterocycles. The molecule has 16 nitrogen and oxygen atoms in total. The number of primary amides is 1. The van der Waals surface area contributed by atoms with Crippen LogP contribution in [0.2, 0.25) is 0 Å². The molecule has 0 radical (unpaired) electrons. The number of carbonyl (C=O) groups is 5. The van der Waals surface area contributed by atoms with Crippen molar-refractivity contribution in [2.75, 3.05) is 13.1 Å². The van der Waals surface area contributed by atoms with Crippen LogP contribution in [0.3, 0.4) is 0 Å². The molecule has 4 amide bonds. The number of H-pyrrole nitrogens is 1. The molecule has 3 atom stereocenters. The van der Waals surface area contributed by atoms with E-state index in [2.05, 4.69) is 30.9 Å². The smallest absolute Gasteiger partial charge is 0.326 e. The van der Waals surface area contributed by atoms with E-state index in [1.54, 1.807) is 0 Å². The fraction of sp³-hybridized carbons (Fsp3) is 0.500. The highest BCUT2D eigenvalue weighted by molar-refractivity contribution is 5.95. The summed E-state index contributed by atoms with van der Waals surface area (Å²) in [5.74, 6) is -4.83. The van der Waals surface area contributed by atoms with Gasteiger partial charge in [-0.05, 0) is 12.8 Å². The molecule has 0 spiro atoms. The zero-order valence-electron chi connectivity index (χ0n) is 18.3. The number of imidazole rings is 1. The maximum atomic E-state index is 12.8. The van der Waals surface area contributed by atoms with Crippen LogP contribution >= 0.6 is 0 Å². The Balaban J connectivity index is 2.92. The standard InChI is InChI=1S/C18H30N10O6/c19-6-14(30)26-11(4-9-7-23-8-25-9)15(31)28-12(5-13(20)29)16(32)27-10(17(33)34)2-1-3-24-18(21)22/h7-8,10-12H,1-6,19H2,(H2,20,29)(H,23,25)(H,26,30)(H,27,32)(H,28,31)(H,33,34)(H4,21,22,24). The molecule has 0 aromatic carbocycles. The summed E-state index contributed by atoms with van der Waals surface area (Å²) in [6.45, 7) is -0.252. The summed E-state index contributed by atoms with van der Waals surface area (Å²) < 4.78 is 0. The fourth-order valence-electron chi connectivity index (χ4n) is 2.79. The van der Waals surface area contributed by atoms with Crippen molar-refractivity contribution in [2.24, 2.45) is 27.9 Å². The van der Waals surface area contributed by atoms with Gasteiger partial charge >= 0.3 is 5.97 Å². The van der Waals surface area contributed by atoms with E-state index in [0.717, 1.165) is 0 Å². The van der Waals surface area contributed by atoms with Crippen LogP contribution in [0.15, 0.2) is 17.5 Å². The molecule has 0 aliphatic heterocycles. The van der Waals surface area contributed by atoms with Crippen molar-refractivity contribution in [3.8, 4) is 0 Å². The van der Waals surface area contributed by atoms with Crippen LogP contribution in [0.25, 0.3) is 0 Å². The van der Waals surface area contributed by atoms with Crippen molar-refractivity contribution in [3.63, 3.8) is 0 Å². The van der Waals surface area contributed by atoms with E-state index in [1.165, 1.54) is 12.5 Å². The van der Waals surface area contributed by atoms with Crippen LogP contribution in [0.4, 0.5) is 0 Å². The number of carbonyl (C=O) groups excluding carboxylic acids is 4. The lowest BCUT2D eigenvalue weighted by molar-refractivity contribution is -0.142. The van der Waals surface area contributed by atoms with E-state index in [1.807, 2.05) is 0 Å². The van der Waals surface area contributed by atoms with Gasteiger partial charge in [0.2, 0.25) is 23.6 Å². The summed E-state index contributed by atoms with van der Waals surface area (Å²) in [6, 6.07) is -4.01. The first kappa shape index (κ1) is 27.8. The van der Waals surface area contributed by atoms with E-state index in [9.17, 15) is 29.1 Å². The van der Waals surface area contributed by atoms with Crippen molar-refractivity contribution in [3.05, 3.63) is 18.2 Å². The number of amides is 4. The van der Waals surface area contributed by atoms with Crippen LogP contribution in [-0.4, -0.2) is 81.8 Å². The summed E-state index contributed by atoms with van der Waals surface area (Å²) in [5, 5.41) is 16.4. The lowest BCUT2D eigenvalue weighted by atomic mass is 10.1. The number of aliphatic imine (C=N–C) groups is 1. The highest BCUT2D eigenvalue weighted by Gasteiger charge is 2.30. The molecule has 1 heterocycles. The lowest BCUT2D eigenvalue weighted by Gasteiger charge is -2.23. The fourth-order valence-corrected chi connectivity index (χ4v) is 2.79. The van der Waals surface area contributed by atoms with Crippen molar-refractivity contribution in [2.45, 2.75) is 43.8 Å². The average Bonchev–Trinajstić information content (AvgIpc) is 3.27. The number of hydrogen-bond acceptors (Lipinski definition) is 8. The van der Waals surface area contributed by atoms with Gasteiger partial charge in [0, 0.05) is 24.9 Å². The Kier molecular flexibility index (Phi) is 11.5. The van der Waals surface area contributed by atoms with E-state index in [4.69, 9.17) is 22.9 Å². The predicted molar refractivity (Wildman–Crippen MR) is 118 cm³/mol. The molecule has 0 fully saturated rings. The highest BCUT2D eigenvalue weighted by atomic mass is 16.4. The first-order valence-electron chi connectivity index (χ1n) is 10.2. The van der Waals surface area contributed by atoms with E-state index < -0.39 is 60.7 Å². The van der Waals surface area contributed by atoms with Crippen molar-refractivity contribution >= 4 is 35.6 Å². The van der Waals surface area contributed by atoms with Crippen LogP contribution in [0, 0.1) is 0 Å². The molecule has 0 bridgehead atoms. The first-order valence-corrected chi connectivity index (χ1v) is 10.2. The number of hydrogen-bond donors (Lipinski definition) is 9. The molecular weight excluding hydrogens is 452 g/mol. The summed E-state index contributed by atoms with van der Waals surface area (Å²) >= 11 is 0. The zero-order valence-corrected chi connectivity index (χ0v) is 18.3. The number of aliphatic carboxylic acids is 1. The van der Waals surface area contributed by atoms with Crippen LogP contribution in [0.5, 0.6) is 0 Å². The van der Waals surface area contributed by atoms with Crippen LogP contribution in [0.1, 0.15) is 25.0 Å². The molecule has 188 valence electrons. The molecule has 1 rings (SSSR count). The molecule has 13 N–H and O–H groups in total. The Bertz CT molecular complexity index is 884. The number of nitrogens with zero attached hydrogens (tertiary/aromatic N) is 2. The normalized spacial score (nSPS) is 13.1. The van der Waals surface area contributed by atoms with Gasteiger partial charge in [0.25, 0.3) is 0 Å². The van der Waals surface area contributed by atoms with Crippen molar-refractivity contribution in [1.82, 2.24) is 25.9 Å². The van der Waals surface area contributed by atoms with E-state index in [-0.39, 0.29) is 31.8 Å². The molecule has 16 heteroatoms. The first-order chi connectivity index (χ1) is 16.0. The van der Waals surface area contributed by atoms with Gasteiger partial charge in [-0.1, -0.05) is 0 Å². The second kappa shape index (κ2) is 14.0. The van der Waals surface area contributed by atoms with Crippen molar-refractivity contribution < 1.29 is 29.1 Å². The third-order valence-electron chi connectivity index (χ3n) is 4.41. The average molecular weight is 483 g/mol. The molecule has 0 saturated carbocycles. The van der Waals surface area contributed by atoms with Gasteiger partial charge in [-0.2, -0.15) is 0 Å².